The summed E-state index contributed by atoms with van der Waals surface area (Å²) in [5.74, 6) is 0.435. The topological polar surface area (TPSA) is 29.5 Å². The highest BCUT2D eigenvalue weighted by Crippen LogP contribution is 2.63. The van der Waals surface area contributed by atoms with Crippen molar-refractivity contribution in [1.29, 1.82) is 0 Å². The minimum Gasteiger partial charge on any atom is -0.275 e. The Morgan fingerprint density at radius 2 is 2.08 bits per heavy atom. The molecule has 1 unspecified atom stereocenters. The molecule has 0 saturated heterocycles. The number of hydrogen-bond acceptors (Lipinski definition) is 2. The quantitative estimate of drug-likeness (QED) is 0.608. The molecule has 0 heterocycles. The van der Waals surface area contributed by atoms with Crippen LogP contribution in [0.5, 0.6) is 0 Å². The zero-order chi connectivity index (χ0) is 9.47. The lowest BCUT2D eigenvalue weighted by molar-refractivity contribution is -0.171. The Bertz CT molecular complexity index is 221. The summed E-state index contributed by atoms with van der Waals surface area (Å²) < 4.78 is 0. The summed E-state index contributed by atoms with van der Waals surface area (Å²) in [6, 6.07) is 0. The van der Waals surface area contributed by atoms with Crippen LogP contribution in [0.25, 0.3) is 0 Å². The molecule has 0 bridgehead atoms. The molecule has 0 radical (unpaired) electrons. The molecule has 1 spiro atoms. The van der Waals surface area contributed by atoms with E-state index in [1.54, 1.807) is 14.2 Å². The van der Waals surface area contributed by atoms with Crippen LogP contribution >= 0.6 is 0 Å². The van der Waals surface area contributed by atoms with Crippen molar-refractivity contribution in [2.75, 3.05) is 14.2 Å². The van der Waals surface area contributed by atoms with Gasteiger partial charge in [0.1, 0.15) is 0 Å². The second kappa shape index (κ2) is 2.98. The van der Waals surface area contributed by atoms with E-state index in [1.165, 1.54) is 30.7 Å². The Morgan fingerprint density at radius 3 is 2.62 bits per heavy atom. The SMILES string of the molecule is CON(C)C(=O)C1CC12CCCC2. The summed E-state index contributed by atoms with van der Waals surface area (Å²) >= 11 is 0. The first kappa shape index (κ1) is 9.00. The van der Waals surface area contributed by atoms with Gasteiger partial charge in [0.2, 0.25) is 5.91 Å². The van der Waals surface area contributed by atoms with Gasteiger partial charge in [-0.15, -0.1) is 0 Å². The second-order valence-electron chi connectivity index (χ2n) is 4.34. The molecule has 3 nitrogen and oxygen atoms in total. The van der Waals surface area contributed by atoms with Crippen LogP contribution in [0.1, 0.15) is 32.1 Å². The first-order chi connectivity index (χ1) is 6.19. The molecule has 0 aromatic rings. The normalized spacial score (nSPS) is 29.2. The molecule has 74 valence electrons. The van der Waals surface area contributed by atoms with Crippen molar-refractivity contribution in [3.8, 4) is 0 Å². The van der Waals surface area contributed by atoms with Gasteiger partial charge in [-0.2, -0.15) is 0 Å². The van der Waals surface area contributed by atoms with Crippen LogP contribution < -0.4 is 0 Å². The third kappa shape index (κ3) is 1.35. The van der Waals surface area contributed by atoms with Crippen LogP contribution in [0.4, 0.5) is 0 Å². The van der Waals surface area contributed by atoms with Gasteiger partial charge in [0, 0.05) is 13.0 Å². The van der Waals surface area contributed by atoms with E-state index in [4.69, 9.17) is 4.84 Å². The van der Waals surface area contributed by atoms with E-state index < -0.39 is 0 Å². The van der Waals surface area contributed by atoms with Crippen LogP contribution in [-0.2, 0) is 9.63 Å². The number of rotatable bonds is 2. The highest BCUT2D eigenvalue weighted by atomic mass is 16.7. The molecule has 0 N–H and O–H groups in total. The van der Waals surface area contributed by atoms with Gasteiger partial charge in [-0.25, -0.2) is 5.06 Å². The number of carbonyl (C=O) groups is 1. The molecule has 2 saturated carbocycles. The summed E-state index contributed by atoms with van der Waals surface area (Å²) in [7, 11) is 3.24. The van der Waals surface area contributed by atoms with Gasteiger partial charge in [0.05, 0.1) is 7.11 Å². The fourth-order valence-electron chi connectivity index (χ4n) is 2.64. The Hall–Kier alpha value is -0.570. The van der Waals surface area contributed by atoms with Gasteiger partial charge in [0.15, 0.2) is 0 Å². The maximum absolute atomic E-state index is 11.7. The Morgan fingerprint density at radius 1 is 1.46 bits per heavy atom. The van der Waals surface area contributed by atoms with Crippen LogP contribution in [0.15, 0.2) is 0 Å². The van der Waals surface area contributed by atoms with Crippen molar-refractivity contribution in [2.24, 2.45) is 11.3 Å². The largest absolute Gasteiger partial charge is 0.275 e. The number of carbonyl (C=O) groups excluding carboxylic acids is 1. The van der Waals surface area contributed by atoms with E-state index in [-0.39, 0.29) is 11.8 Å². The summed E-state index contributed by atoms with van der Waals surface area (Å²) in [5, 5.41) is 1.37. The van der Waals surface area contributed by atoms with Crippen LogP contribution in [0.2, 0.25) is 0 Å². The first-order valence-corrected chi connectivity index (χ1v) is 5.01. The molecule has 0 aromatic carbocycles. The highest BCUT2D eigenvalue weighted by molar-refractivity contribution is 5.81. The fraction of sp³-hybridized carbons (Fsp3) is 0.900. The smallest absolute Gasteiger partial charge is 0.249 e. The predicted octanol–water partition coefficient (Wildman–Crippen LogP) is 1.59. The third-order valence-corrected chi connectivity index (χ3v) is 3.67. The summed E-state index contributed by atoms with van der Waals surface area (Å²) in [6.45, 7) is 0. The van der Waals surface area contributed by atoms with Crippen molar-refractivity contribution in [3.63, 3.8) is 0 Å². The van der Waals surface area contributed by atoms with Crippen LogP contribution in [0, 0.1) is 11.3 Å². The number of amides is 1. The zero-order valence-corrected chi connectivity index (χ0v) is 8.38. The lowest BCUT2D eigenvalue weighted by Gasteiger charge is -2.15. The molecule has 2 fully saturated rings. The Kier molecular flexibility index (Phi) is 2.06. The van der Waals surface area contributed by atoms with E-state index >= 15 is 0 Å². The minimum atomic E-state index is 0.171. The van der Waals surface area contributed by atoms with Crippen LogP contribution in [0.3, 0.4) is 0 Å². The second-order valence-corrected chi connectivity index (χ2v) is 4.34. The van der Waals surface area contributed by atoms with Gasteiger partial charge >= 0.3 is 0 Å². The monoisotopic (exact) mass is 183 g/mol. The molecule has 13 heavy (non-hydrogen) atoms. The minimum absolute atomic E-state index is 0.171. The standard InChI is InChI=1S/C10H17NO2/c1-11(13-2)9(12)8-7-10(8)5-3-4-6-10/h8H,3-7H2,1-2H3. The zero-order valence-electron chi connectivity index (χ0n) is 8.38. The summed E-state index contributed by atoms with van der Waals surface area (Å²) in [4.78, 5) is 16.6. The predicted molar refractivity (Wildman–Crippen MR) is 48.8 cm³/mol. The maximum Gasteiger partial charge on any atom is 0.249 e. The van der Waals surface area contributed by atoms with Gasteiger partial charge in [-0.05, 0) is 24.7 Å². The number of hydroxylamine groups is 2. The molecule has 2 aliphatic carbocycles. The van der Waals surface area contributed by atoms with Crippen molar-refractivity contribution in [1.82, 2.24) is 5.06 Å². The summed E-state index contributed by atoms with van der Waals surface area (Å²) in [6.07, 6.45) is 6.21. The van der Waals surface area contributed by atoms with Crippen molar-refractivity contribution >= 4 is 5.91 Å². The van der Waals surface area contributed by atoms with E-state index in [0.29, 0.717) is 5.41 Å². The average Bonchev–Trinajstić information content (AvgIpc) is 2.62. The molecule has 0 aromatic heterocycles. The van der Waals surface area contributed by atoms with E-state index in [0.717, 1.165) is 6.42 Å². The van der Waals surface area contributed by atoms with Crippen molar-refractivity contribution in [3.05, 3.63) is 0 Å². The van der Waals surface area contributed by atoms with Gasteiger partial charge in [0.25, 0.3) is 0 Å². The first-order valence-electron chi connectivity index (χ1n) is 5.01. The van der Waals surface area contributed by atoms with E-state index in [2.05, 4.69) is 0 Å². The number of hydrogen-bond donors (Lipinski definition) is 0. The van der Waals surface area contributed by atoms with Crippen molar-refractivity contribution < 1.29 is 9.63 Å². The summed E-state index contributed by atoms with van der Waals surface area (Å²) in [5.41, 5.74) is 0.393. The average molecular weight is 183 g/mol. The highest BCUT2D eigenvalue weighted by Gasteiger charge is 2.59. The van der Waals surface area contributed by atoms with Gasteiger partial charge < -0.3 is 0 Å². The molecule has 1 amide bonds. The molecule has 2 rings (SSSR count). The molecule has 0 aliphatic heterocycles. The van der Waals surface area contributed by atoms with Gasteiger partial charge in [-0.3, -0.25) is 9.63 Å². The van der Waals surface area contributed by atoms with E-state index in [9.17, 15) is 4.79 Å². The molecule has 3 heteroatoms. The molecular weight excluding hydrogens is 166 g/mol. The molecule has 1 atom stereocenters. The Balaban J connectivity index is 1.94. The molecular formula is C10H17NO2. The molecule has 2 aliphatic rings. The van der Waals surface area contributed by atoms with E-state index in [1.807, 2.05) is 0 Å². The fourth-order valence-corrected chi connectivity index (χ4v) is 2.64. The third-order valence-electron chi connectivity index (χ3n) is 3.67. The van der Waals surface area contributed by atoms with Crippen LogP contribution in [-0.4, -0.2) is 25.1 Å². The lowest BCUT2D eigenvalue weighted by Crippen LogP contribution is -2.28. The number of nitrogens with zero attached hydrogens (tertiary/aromatic N) is 1. The maximum atomic E-state index is 11.7. The van der Waals surface area contributed by atoms with Gasteiger partial charge in [-0.1, -0.05) is 12.8 Å². The Labute approximate surface area is 79.0 Å². The lowest BCUT2D eigenvalue weighted by atomic mass is 10.0. The van der Waals surface area contributed by atoms with Crippen molar-refractivity contribution in [2.45, 2.75) is 32.1 Å².